The second-order valence-electron chi connectivity index (χ2n) is 5.37. The van der Waals surface area contributed by atoms with Crippen LogP contribution in [-0.2, 0) is 7.05 Å². The normalized spacial score (nSPS) is 11.4. The Bertz CT molecular complexity index is 971. The van der Waals surface area contributed by atoms with Crippen molar-refractivity contribution in [3.05, 3.63) is 60.3 Å². The molecular formula is C18H15N3S. The van der Waals surface area contributed by atoms with E-state index in [1.54, 1.807) is 11.8 Å². The zero-order valence-electron chi connectivity index (χ0n) is 12.4. The van der Waals surface area contributed by atoms with E-state index in [2.05, 4.69) is 66.0 Å². The molecule has 108 valence electrons. The summed E-state index contributed by atoms with van der Waals surface area (Å²) in [5.41, 5.74) is 4.41. The Labute approximate surface area is 133 Å². The van der Waals surface area contributed by atoms with Crippen LogP contribution in [0.25, 0.3) is 21.9 Å². The van der Waals surface area contributed by atoms with Gasteiger partial charge in [-0.1, -0.05) is 29.5 Å². The third-order valence-corrected chi connectivity index (χ3v) is 4.88. The fraction of sp³-hybridized carbons (Fsp3) is 0.111. The van der Waals surface area contributed by atoms with Gasteiger partial charge in [-0.3, -0.25) is 4.98 Å². The molecule has 22 heavy (non-hydrogen) atoms. The molecule has 2 aromatic carbocycles. The number of imidazole rings is 1. The number of hydrogen-bond donors (Lipinski definition) is 0. The van der Waals surface area contributed by atoms with Crippen LogP contribution in [0.1, 0.15) is 5.56 Å². The first-order chi connectivity index (χ1) is 10.7. The molecule has 0 atom stereocenters. The maximum Gasteiger partial charge on any atom is 0.173 e. The summed E-state index contributed by atoms with van der Waals surface area (Å²) in [4.78, 5) is 10.5. The molecule has 2 heterocycles. The Kier molecular flexibility index (Phi) is 3.12. The van der Waals surface area contributed by atoms with Gasteiger partial charge in [0.2, 0.25) is 0 Å². The Morgan fingerprint density at radius 2 is 1.82 bits per heavy atom. The van der Waals surface area contributed by atoms with Crippen molar-refractivity contribution >= 4 is 33.7 Å². The zero-order chi connectivity index (χ0) is 15.1. The van der Waals surface area contributed by atoms with Crippen LogP contribution in [0.15, 0.2) is 64.8 Å². The standard InChI is InChI=1S/C18H15N3S/c1-12-5-7-13(8-6-12)22-18-20-17-14-4-3-11-19-15(14)9-10-16(17)21(18)2/h3-11H,1-2H3. The predicted molar refractivity (Wildman–Crippen MR) is 91.3 cm³/mol. The van der Waals surface area contributed by atoms with E-state index in [-0.39, 0.29) is 0 Å². The van der Waals surface area contributed by atoms with Crippen LogP contribution in [0.4, 0.5) is 0 Å². The second-order valence-corrected chi connectivity index (χ2v) is 6.41. The van der Waals surface area contributed by atoms with Gasteiger partial charge in [-0.25, -0.2) is 4.98 Å². The van der Waals surface area contributed by atoms with Gasteiger partial charge in [-0.15, -0.1) is 0 Å². The van der Waals surface area contributed by atoms with Gasteiger partial charge in [0.1, 0.15) is 0 Å². The number of rotatable bonds is 2. The topological polar surface area (TPSA) is 30.7 Å². The van der Waals surface area contributed by atoms with Crippen LogP contribution in [-0.4, -0.2) is 14.5 Å². The van der Waals surface area contributed by atoms with Crippen molar-refractivity contribution in [3.8, 4) is 0 Å². The molecule has 0 N–H and O–H groups in total. The first-order valence-corrected chi connectivity index (χ1v) is 7.99. The van der Waals surface area contributed by atoms with Crippen LogP contribution >= 0.6 is 11.8 Å². The van der Waals surface area contributed by atoms with Gasteiger partial charge < -0.3 is 4.57 Å². The van der Waals surface area contributed by atoms with Crippen LogP contribution < -0.4 is 0 Å². The summed E-state index contributed by atoms with van der Waals surface area (Å²) < 4.78 is 2.15. The largest absolute Gasteiger partial charge is 0.322 e. The molecular weight excluding hydrogens is 290 g/mol. The summed E-state index contributed by atoms with van der Waals surface area (Å²) in [6, 6.07) is 16.7. The van der Waals surface area contributed by atoms with Gasteiger partial charge in [-0.05, 0) is 43.3 Å². The highest BCUT2D eigenvalue weighted by Gasteiger charge is 2.12. The quantitative estimate of drug-likeness (QED) is 0.543. The third kappa shape index (κ3) is 2.16. The van der Waals surface area contributed by atoms with E-state index in [0.29, 0.717) is 0 Å². The van der Waals surface area contributed by atoms with Gasteiger partial charge in [0.15, 0.2) is 5.16 Å². The van der Waals surface area contributed by atoms with Crippen molar-refractivity contribution in [2.75, 3.05) is 0 Å². The summed E-state index contributed by atoms with van der Waals surface area (Å²) in [6.07, 6.45) is 1.82. The Hall–Kier alpha value is -2.33. The minimum Gasteiger partial charge on any atom is -0.322 e. The Balaban J connectivity index is 1.86. The molecule has 4 heteroatoms. The second kappa shape index (κ2) is 5.14. The van der Waals surface area contributed by atoms with Crippen molar-refractivity contribution in [1.82, 2.24) is 14.5 Å². The molecule has 0 aliphatic heterocycles. The number of hydrogen-bond acceptors (Lipinski definition) is 3. The van der Waals surface area contributed by atoms with E-state index in [1.807, 2.05) is 12.3 Å². The van der Waals surface area contributed by atoms with E-state index < -0.39 is 0 Å². The molecule has 0 saturated carbocycles. The van der Waals surface area contributed by atoms with Gasteiger partial charge in [-0.2, -0.15) is 0 Å². The summed E-state index contributed by atoms with van der Waals surface area (Å²) in [6.45, 7) is 2.10. The summed E-state index contributed by atoms with van der Waals surface area (Å²) in [5.74, 6) is 0. The fourth-order valence-corrected chi connectivity index (χ4v) is 3.45. The number of pyridine rings is 1. The predicted octanol–water partition coefficient (Wildman–Crippen LogP) is 4.58. The number of aryl methyl sites for hydroxylation is 2. The highest BCUT2D eigenvalue weighted by molar-refractivity contribution is 7.99. The molecule has 0 aliphatic rings. The highest BCUT2D eigenvalue weighted by Crippen LogP contribution is 2.32. The van der Waals surface area contributed by atoms with Crippen molar-refractivity contribution in [1.29, 1.82) is 0 Å². The molecule has 0 unspecified atom stereocenters. The maximum atomic E-state index is 4.84. The van der Waals surface area contributed by atoms with E-state index in [9.17, 15) is 0 Å². The highest BCUT2D eigenvalue weighted by atomic mass is 32.2. The Morgan fingerprint density at radius 1 is 1.00 bits per heavy atom. The lowest BCUT2D eigenvalue weighted by molar-refractivity contribution is 0.815. The molecule has 0 amide bonds. The minimum atomic E-state index is 0.986. The SMILES string of the molecule is Cc1ccc(Sc2nc3c4cccnc4ccc3n2C)cc1. The summed E-state index contributed by atoms with van der Waals surface area (Å²) in [7, 11) is 2.06. The van der Waals surface area contributed by atoms with E-state index in [0.717, 1.165) is 27.1 Å². The molecule has 4 aromatic rings. The van der Waals surface area contributed by atoms with Crippen molar-refractivity contribution in [3.63, 3.8) is 0 Å². The van der Waals surface area contributed by atoms with E-state index in [1.165, 1.54) is 10.5 Å². The minimum absolute atomic E-state index is 0.986. The maximum absolute atomic E-state index is 4.84. The van der Waals surface area contributed by atoms with Crippen molar-refractivity contribution in [2.45, 2.75) is 17.0 Å². The summed E-state index contributed by atoms with van der Waals surface area (Å²) >= 11 is 1.69. The molecule has 3 nitrogen and oxygen atoms in total. The van der Waals surface area contributed by atoms with Crippen LogP contribution in [0, 0.1) is 6.92 Å². The molecule has 0 spiro atoms. The smallest absolute Gasteiger partial charge is 0.173 e. The van der Waals surface area contributed by atoms with E-state index >= 15 is 0 Å². The average molecular weight is 305 g/mol. The molecule has 0 aliphatic carbocycles. The lowest BCUT2D eigenvalue weighted by Gasteiger charge is -2.02. The first kappa shape index (κ1) is 13.3. The van der Waals surface area contributed by atoms with Crippen LogP contribution in [0.3, 0.4) is 0 Å². The molecule has 0 bridgehead atoms. The lowest BCUT2D eigenvalue weighted by atomic mass is 10.2. The molecule has 0 fully saturated rings. The van der Waals surface area contributed by atoms with Crippen LogP contribution in [0.5, 0.6) is 0 Å². The third-order valence-electron chi connectivity index (χ3n) is 3.82. The number of benzene rings is 2. The van der Waals surface area contributed by atoms with Crippen molar-refractivity contribution < 1.29 is 0 Å². The molecule has 4 rings (SSSR count). The number of aromatic nitrogens is 3. The fourth-order valence-electron chi connectivity index (χ4n) is 2.59. The zero-order valence-corrected chi connectivity index (χ0v) is 13.3. The van der Waals surface area contributed by atoms with Gasteiger partial charge in [0.05, 0.1) is 16.6 Å². The Morgan fingerprint density at radius 3 is 2.64 bits per heavy atom. The van der Waals surface area contributed by atoms with Gasteiger partial charge >= 0.3 is 0 Å². The monoisotopic (exact) mass is 305 g/mol. The van der Waals surface area contributed by atoms with Gasteiger partial charge in [0, 0.05) is 23.5 Å². The average Bonchev–Trinajstić information content (AvgIpc) is 2.86. The van der Waals surface area contributed by atoms with Crippen molar-refractivity contribution in [2.24, 2.45) is 7.05 Å². The summed E-state index contributed by atoms with van der Waals surface area (Å²) in [5, 5.41) is 2.10. The molecule has 2 aromatic heterocycles. The number of nitrogens with zero attached hydrogens (tertiary/aromatic N) is 3. The molecule has 0 radical (unpaired) electrons. The van der Waals surface area contributed by atoms with E-state index in [4.69, 9.17) is 4.98 Å². The lowest BCUT2D eigenvalue weighted by Crippen LogP contribution is -1.90. The number of fused-ring (bicyclic) bond motifs is 3. The molecule has 0 saturated heterocycles. The first-order valence-electron chi connectivity index (χ1n) is 7.17. The van der Waals surface area contributed by atoms with Gasteiger partial charge in [0.25, 0.3) is 0 Å². The van der Waals surface area contributed by atoms with Crippen LogP contribution in [0.2, 0.25) is 0 Å².